The lowest BCUT2D eigenvalue weighted by Gasteiger charge is -1.78. The van der Waals surface area contributed by atoms with Crippen molar-refractivity contribution < 1.29 is 4.52 Å². The zero-order valence-electron chi connectivity index (χ0n) is 5.19. The molecule has 0 unspecified atom stereocenters. The van der Waals surface area contributed by atoms with Crippen LogP contribution in [0.15, 0.2) is 23.6 Å². The predicted molar refractivity (Wildman–Crippen MR) is 35.3 cm³/mol. The molecule has 0 saturated heterocycles. The smallest absolute Gasteiger partial charge is 0.255 e. The average Bonchev–Trinajstić information content (AvgIpc) is 2.44. The molecule has 0 aliphatic rings. The van der Waals surface area contributed by atoms with Gasteiger partial charge in [0.15, 0.2) is 5.82 Å². The van der Waals surface area contributed by atoms with Gasteiger partial charge >= 0.3 is 0 Å². The highest BCUT2D eigenvalue weighted by Crippen LogP contribution is 2.04. The maximum Gasteiger partial charge on any atom is 0.255 e. The molecule has 0 spiro atoms. The van der Waals surface area contributed by atoms with Gasteiger partial charge in [0.05, 0.1) is 6.20 Å². The van der Waals surface area contributed by atoms with Crippen molar-refractivity contribution in [3.63, 3.8) is 0 Å². The summed E-state index contributed by atoms with van der Waals surface area (Å²) in [5.74, 6) is 0.674. The number of hydrogen-bond acceptors (Lipinski definition) is 3. The van der Waals surface area contributed by atoms with Gasteiger partial charge in [-0.15, -0.1) is 0 Å². The molecule has 2 aromatic heterocycles. The van der Waals surface area contributed by atoms with Crippen LogP contribution in [0.5, 0.6) is 0 Å². The molecular formula is C6H5N3O. The fourth-order valence-corrected chi connectivity index (χ4v) is 0.796. The third-order valence-electron chi connectivity index (χ3n) is 1.27. The Kier molecular flexibility index (Phi) is 0.887. The molecule has 50 valence electrons. The van der Waals surface area contributed by atoms with Gasteiger partial charge in [-0.05, 0) is 6.08 Å². The Labute approximate surface area is 56.8 Å². The highest BCUT2D eigenvalue weighted by atomic mass is 16.5. The van der Waals surface area contributed by atoms with E-state index < -0.39 is 0 Å². The van der Waals surface area contributed by atoms with Gasteiger partial charge in [0.2, 0.25) is 0 Å². The third-order valence-corrected chi connectivity index (χ3v) is 1.27. The van der Waals surface area contributed by atoms with E-state index in [4.69, 9.17) is 4.52 Å². The molecule has 0 saturated carbocycles. The standard InChI is InChI=1S/C6H5N3O/c1-2-5-8-10-6-3-7-4-9(5)6/h2-4H,1H2. The molecule has 0 N–H and O–H groups in total. The number of imidazole rings is 1. The van der Waals surface area contributed by atoms with Gasteiger partial charge < -0.3 is 4.52 Å². The van der Waals surface area contributed by atoms with E-state index in [1.807, 2.05) is 0 Å². The Balaban J connectivity index is 2.88. The molecular weight excluding hydrogens is 130 g/mol. The molecule has 0 radical (unpaired) electrons. The fraction of sp³-hybridized carbons (Fsp3) is 0. The van der Waals surface area contributed by atoms with Crippen LogP contribution < -0.4 is 0 Å². The summed E-state index contributed by atoms with van der Waals surface area (Å²) in [5.41, 5.74) is 0.634. The highest BCUT2D eigenvalue weighted by Gasteiger charge is 2.01. The molecule has 2 rings (SSSR count). The molecule has 2 aromatic rings. The average molecular weight is 135 g/mol. The molecule has 0 aliphatic heterocycles. The maximum absolute atomic E-state index is 4.86. The van der Waals surface area contributed by atoms with Gasteiger partial charge in [-0.3, -0.25) is 0 Å². The van der Waals surface area contributed by atoms with E-state index in [0.717, 1.165) is 0 Å². The first kappa shape index (κ1) is 5.22. The minimum atomic E-state index is 0.634. The maximum atomic E-state index is 4.86. The fourth-order valence-electron chi connectivity index (χ4n) is 0.796. The van der Waals surface area contributed by atoms with E-state index in [0.29, 0.717) is 11.5 Å². The highest BCUT2D eigenvalue weighted by molar-refractivity contribution is 5.42. The van der Waals surface area contributed by atoms with Crippen LogP contribution >= 0.6 is 0 Å². The Bertz CT molecular complexity index is 360. The van der Waals surface area contributed by atoms with Crippen LogP contribution in [0.1, 0.15) is 5.82 Å². The summed E-state index contributed by atoms with van der Waals surface area (Å²) in [6, 6.07) is 0. The molecule has 4 nitrogen and oxygen atoms in total. The van der Waals surface area contributed by atoms with Crippen LogP contribution in [0.3, 0.4) is 0 Å². The zero-order valence-corrected chi connectivity index (χ0v) is 5.19. The predicted octanol–water partition coefficient (Wildman–Crippen LogP) is 0.965. The van der Waals surface area contributed by atoms with Crippen molar-refractivity contribution in [3.8, 4) is 0 Å². The Morgan fingerprint density at radius 1 is 1.70 bits per heavy atom. The van der Waals surface area contributed by atoms with Crippen molar-refractivity contribution in [1.29, 1.82) is 0 Å². The summed E-state index contributed by atoms with van der Waals surface area (Å²) >= 11 is 0. The lowest BCUT2D eigenvalue weighted by atomic mass is 10.6. The number of fused-ring (bicyclic) bond motifs is 1. The lowest BCUT2D eigenvalue weighted by molar-refractivity contribution is 0.453. The summed E-state index contributed by atoms with van der Waals surface area (Å²) < 4.78 is 6.57. The van der Waals surface area contributed by atoms with E-state index in [-0.39, 0.29) is 0 Å². The first-order chi connectivity index (χ1) is 4.92. The van der Waals surface area contributed by atoms with Crippen molar-refractivity contribution in [1.82, 2.24) is 14.5 Å². The first-order valence-electron chi connectivity index (χ1n) is 2.82. The molecule has 0 aliphatic carbocycles. The molecule has 0 bridgehead atoms. The lowest BCUT2D eigenvalue weighted by Crippen LogP contribution is -1.80. The zero-order chi connectivity index (χ0) is 6.97. The molecule has 2 heterocycles. The molecule has 4 heteroatoms. The van der Waals surface area contributed by atoms with Crippen molar-refractivity contribution in [2.45, 2.75) is 0 Å². The van der Waals surface area contributed by atoms with Gasteiger partial charge in [-0.1, -0.05) is 11.7 Å². The minimum Gasteiger partial charge on any atom is -0.334 e. The minimum absolute atomic E-state index is 0.634. The van der Waals surface area contributed by atoms with Crippen LogP contribution in [-0.4, -0.2) is 14.5 Å². The number of rotatable bonds is 1. The second-order valence-electron chi connectivity index (χ2n) is 1.85. The summed E-state index contributed by atoms with van der Waals surface area (Å²) in [7, 11) is 0. The largest absolute Gasteiger partial charge is 0.334 e. The van der Waals surface area contributed by atoms with Crippen molar-refractivity contribution in [3.05, 3.63) is 24.9 Å². The molecule has 0 amide bonds. The normalized spacial score (nSPS) is 10.4. The number of nitrogens with zero attached hydrogens (tertiary/aromatic N) is 3. The van der Waals surface area contributed by atoms with Crippen LogP contribution in [0.2, 0.25) is 0 Å². The topological polar surface area (TPSA) is 43.3 Å². The van der Waals surface area contributed by atoms with Crippen LogP contribution in [0, 0.1) is 0 Å². The second kappa shape index (κ2) is 1.70. The van der Waals surface area contributed by atoms with E-state index in [2.05, 4.69) is 16.7 Å². The SMILES string of the molecule is C=Cc1noc2cncn12. The summed E-state index contributed by atoms with van der Waals surface area (Å²) in [6.07, 6.45) is 4.83. The summed E-state index contributed by atoms with van der Waals surface area (Å²) in [6.45, 7) is 3.56. The van der Waals surface area contributed by atoms with E-state index in [1.165, 1.54) is 0 Å². The van der Waals surface area contributed by atoms with E-state index in [1.54, 1.807) is 23.0 Å². The van der Waals surface area contributed by atoms with Gasteiger partial charge in [0, 0.05) is 0 Å². The van der Waals surface area contributed by atoms with Crippen LogP contribution in [0.25, 0.3) is 11.8 Å². The monoisotopic (exact) mass is 135 g/mol. The van der Waals surface area contributed by atoms with Crippen molar-refractivity contribution >= 4 is 11.8 Å². The molecule has 0 aromatic carbocycles. The Hall–Kier alpha value is -1.58. The first-order valence-corrected chi connectivity index (χ1v) is 2.82. The van der Waals surface area contributed by atoms with Gasteiger partial charge in [0.25, 0.3) is 5.71 Å². The number of aromatic nitrogens is 3. The van der Waals surface area contributed by atoms with E-state index >= 15 is 0 Å². The molecule has 0 atom stereocenters. The third kappa shape index (κ3) is 0.500. The van der Waals surface area contributed by atoms with Gasteiger partial charge in [-0.2, -0.15) is 0 Å². The van der Waals surface area contributed by atoms with Crippen molar-refractivity contribution in [2.24, 2.45) is 0 Å². The van der Waals surface area contributed by atoms with Crippen LogP contribution in [-0.2, 0) is 0 Å². The second-order valence-corrected chi connectivity index (χ2v) is 1.85. The Morgan fingerprint density at radius 2 is 2.60 bits per heavy atom. The quantitative estimate of drug-likeness (QED) is 0.585. The summed E-state index contributed by atoms with van der Waals surface area (Å²) in [4.78, 5) is 3.85. The Morgan fingerprint density at radius 3 is 3.40 bits per heavy atom. The molecule has 10 heavy (non-hydrogen) atoms. The van der Waals surface area contributed by atoms with E-state index in [9.17, 15) is 0 Å². The van der Waals surface area contributed by atoms with Gasteiger partial charge in [-0.25, -0.2) is 9.38 Å². The molecule has 0 fully saturated rings. The van der Waals surface area contributed by atoms with Gasteiger partial charge in [0.1, 0.15) is 6.33 Å². The van der Waals surface area contributed by atoms with Crippen molar-refractivity contribution in [2.75, 3.05) is 0 Å². The van der Waals surface area contributed by atoms with Crippen LogP contribution in [0.4, 0.5) is 0 Å². The number of hydrogen-bond donors (Lipinski definition) is 0. The summed E-state index contributed by atoms with van der Waals surface area (Å²) in [5, 5.41) is 3.70.